The molecule has 158 valence electrons. The summed E-state index contributed by atoms with van der Waals surface area (Å²) >= 11 is 0. The summed E-state index contributed by atoms with van der Waals surface area (Å²) in [4.78, 5) is 25.2. The second kappa shape index (κ2) is 9.31. The van der Waals surface area contributed by atoms with Crippen LogP contribution in [0.15, 0.2) is 97.1 Å². The van der Waals surface area contributed by atoms with Crippen LogP contribution in [0.25, 0.3) is 11.1 Å². The Morgan fingerprint density at radius 3 is 1.78 bits per heavy atom. The van der Waals surface area contributed by atoms with Crippen LogP contribution in [0.5, 0.6) is 0 Å². The van der Waals surface area contributed by atoms with Crippen LogP contribution in [0.1, 0.15) is 31.8 Å². The zero-order valence-corrected chi connectivity index (χ0v) is 18.1. The highest BCUT2D eigenvalue weighted by Crippen LogP contribution is 2.21. The van der Waals surface area contributed by atoms with Gasteiger partial charge in [-0.3, -0.25) is 9.59 Å². The van der Waals surface area contributed by atoms with Crippen molar-refractivity contribution in [2.45, 2.75) is 13.8 Å². The first-order valence-electron chi connectivity index (χ1n) is 10.4. The van der Waals surface area contributed by atoms with E-state index in [9.17, 15) is 9.59 Å². The Kier molecular flexibility index (Phi) is 6.13. The van der Waals surface area contributed by atoms with Crippen LogP contribution in [-0.2, 0) is 0 Å². The molecule has 0 fully saturated rings. The number of rotatable bonds is 5. The number of carbonyl (C=O) groups is 2. The number of amides is 2. The SMILES string of the molecule is Cc1ccc(NC(=O)c2ccc(NC(=O)c3ccc(-c4ccccc4)cc3)cc2)c(C)c1. The first-order valence-corrected chi connectivity index (χ1v) is 10.4. The van der Waals surface area contributed by atoms with Crippen LogP contribution in [-0.4, -0.2) is 11.8 Å². The van der Waals surface area contributed by atoms with Gasteiger partial charge in [-0.1, -0.05) is 60.2 Å². The van der Waals surface area contributed by atoms with E-state index < -0.39 is 0 Å². The van der Waals surface area contributed by atoms with E-state index in [1.165, 1.54) is 0 Å². The van der Waals surface area contributed by atoms with Crippen molar-refractivity contribution >= 4 is 23.2 Å². The van der Waals surface area contributed by atoms with E-state index in [-0.39, 0.29) is 11.8 Å². The van der Waals surface area contributed by atoms with Crippen LogP contribution in [0.3, 0.4) is 0 Å². The van der Waals surface area contributed by atoms with Gasteiger partial charge in [-0.2, -0.15) is 0 Å². The fourth-order valence-corrected chi connectivity index (χ4v) is 3.50. The smallest absolute Gasteiger partial charge is 0.255 e. The zero-order valence-electron chi connectivity index (χ0n) is 18.1. The summed E-state index contributed by atoms with van der Waals surface area (Å²) < 4.78 is 0. The number of hydrogen-bond acceptors (Lipinski definition) is 2. The van der Waals surface area contributed by atoms with Gasteiger partial charge in [0.2, 0.25) is 0 Å². The average Bonchev–Trinajstić information content (AvgIpc) is 2.82. The molecule has 4 nitrogen and oxygen atoms in total. The standard InChI is InChI=1S/C28H24N2O2/c1-19-8-17-26(20(2)18-19)30-28(32)24-13-15-25(16-14-24)29-27(31)23-11-9-22(10-12-23)21-6-4-3-5-7-21/h3-18H,1-2H3,(H,29,31)(H,30,32). The Balaban J connectivity index is 1.39. The third-order valence-electron chi connectivity index (χ3n) is 5.29. The van der Waals surface area contributed by atoms with Gasteiger partial charge in [-0.25, -0.2) is 0 Å². The maximum atomic E-state index is 12.6. The summed E-state index contributed by atoms with van der Waals surface area (Å²) in [5.74, 6) is -0.386. The van der Waals surface area contributed by atoms with Crippen molar-refractivity contribution in [3.8, 4) is 11.1 Å². The third-order valence-corrected chi connectivity index (χ3v) is 5.29. The van der Waals surface area contributed by atoms with E-state index in [1.54, 1.807) is 24.3 Å². The topological polar surface area (TPSA) is 58.2 Å². The molecule has 0 radical (unpaired) electrons. The minimum atomic E-state index is -0.197. The maximum absolute atomic E-state index is 12.6. The van der Waals surface area contributed by atoms with E-state index >= 15 is 0 Å². The van der Waals surface area contributed by atoms with Crippen LogP contribution in [0, 0.1) is 13.8 Å². The molecule has 0 aromatic heterocycles. The number of nitrogens with one attached hydrogen (secondary N) is 2. The Morgan fingerprint density at radius 2 is 1.16 bits per heavy atom. The second-order valence-corrected chi connectivity index (χ2v) is 7.75. The Labute approximate surface area is 187 Å². The van der Waals surface area contributed by atoms with Crippen LogP contribution >= 0.6 is 0 Å². The van der Waals surface area contributed by atoms with E-state index in [0.29, 0.717) is 16.8 Å². The van der Waals surface area contributed by atoms with Crippen LogP contribution < -0.4 is 10.6 Å². The van der Waals surface area contributed by atoms with Crippen molar-refractivity contribution in [2.75, 3.05) is 10.6 Å². The lowest BCUT2D eigenvalue weighted by Gasteiger charge is -2.10. The number of benzene rings is 4. The summed E-state index contributed by atoms with van der Waals surface area (Å²) in [7, 11) is 0. The van der Waals surface area contributed by atoms with Crippen molar-refractivity contribution in [1.82, 2.24) is 0 Å². The van der Waals surface area contributed by atoms with Gasteiger partial charge >= 0.3 is 0 Å². The summed E-state index contributed by atoms with van der Waals surface area (Å²) in [6, 6.07) is 30.3. The normalized spacial score (nSPS) is 10.4. The molecule has 0 aliphatic heterocycles. The van der Waals surface area contributed by atoms with Gasteiger partial charge in [-0.15, -0.1) is 0 Å². The van der Waals surface area contributed by atoms with Gasteiger partial charge < -0.3 is 10.6 Å². The highest BCUT2D eigenvalue weighted by Gasteiger charge is 2.10. The number of carbonyl (C=O) groups excluding carboxylic acids is 2. The van der Waals surface area contributed by atoms with Gasteiger partial charge in [0.05, 0.1) is 0 Å². The monoisotopic (exact) mass is 420 g/mol. The zero-order chi connectivity index (χ0) is 22.5. The van der Waals surface area contributed by atoms with E-state index in [0.717, 1.165) is 27.9 Å². The van der Waals surface area contributed by atoms with Crippen LogP contribution in [0.4, 0.5) is 11.4 Å². The van der Waals surface area contributed by atoms with Gasteiger partial charge in [0.1, 0.15) is 0 Å². The van der Waals surface area contributed by atoms with Gasteiger partial charge in [0.15, 0.2) is 0 Å². The molecule has 2 amide bonds. The van der Waals surface area contributed by atoms with E-state index in [1.807, 2.05) is 86.6 Å². The van der Waals surface area contributed by atoms with E-state index in [2.05, 4.69) is 10.6 Å². The lowest BCUT2D eigenvalue weighted by atomic mass is 10.0. The predicted octanol–water partition coefficient (Wildman–Crippen LogP) is 6.48. The quantitative estimate of drug-likeness (QED) is 0.388. The molecule has 0 saturated carbocycles. The lowest BCUT2D eigenvalue weighted by molar-refractivity contribution is 0.102. The molecule has 4 aromatic rings. The van der Waals surface area contributed by atoms with Gasteiger partial charge in [0, 0.05) is 22.5 Å². The van der Waals surface area contributed by atoms with Crippen molar-refractivity contribution in [3.63, 3.8) is 0 Å². The molecule has 0 heterocycles. The second-order valence-electron chi connectivity index (χ2n) is 7.75. The number of aryl methyl sites for hydroxylation is 2. The molecular weight excluding hydrogens is 396 g/mol. The molecule has 0 atom stereocenters. The first-order chi connectivity index (χ1) is 15.5. The van der Waals surface area contributed by atoms with Crippen molar-refractivity contribution in [2.24, 2.45) is 0 Å². The van der Waals surface area contributed by atoms with E-state index in [4.69, 9.17) is 0 Å². The minimum Gasteiger partial charge on any atom is -0.322 e. The summed E-state index contributed by atoms with van der Waals surface area (Å²) in [6.45, 7) is 3.98. The highest BCUT2D eigenvalue weighted by atomic mass is 16.2. The third kappa shape index (κ3) is 4.93. The summed E-state index contributed by atoms with van der Waals surface area (Å²) in [6.07, 6.45) is 0. The Hall–Kier alpha value is -4.18. The molecule has 0 spiro atoms. The fraction of sp³-hybridized carbons (Fsp3) is 0.0714. The van der Waals surface area contributed by atoms with Crippen molar-refractivity contribution in [3.05, 3.63) is 119 Å². The highest BCUT2D eigenvalue weighted by molar-refractivity contribution is 6.06. The number of anilines is 2. The van der Waals surface area contributed by atoms with Crippen molar-refractivity contribution in [1.29, 1.82) is 0 Å². The molecule has 4 heteroatoms. The summed E-state index contributed by atoms with van der Waals surface area (Å²) in [5, 5.41) is 5.81. The Bertz CT molecular complexity index is 1250. The molecule has 0 aliphatic carbocycles. The molecule has 0 aliphatic rings. The largest absolute Gasteiger partial charge is 0.322 e. The predicted molar refractivity (Wildman–Crippen MR) is 130 cm³/mol. The molecule has 2 N–H and O–H groups in total. The average molecular weight is 421 g/mol. The molecule has 4 rings (SSSR count). The molecule has 0 unspecified atom stereocenters. The van der Waals surface area contributed by atoms with Crippen LogP contribution in [0.2, 0.25) is 0 Å². The molecular formula is C28H24N2O2. The lowest BCUT2D eigenvalue weighted by Crippen LogP contribution is -2.14. The number of hydrogen-bond donors (Lipinski definition) is 2. The summed E-state index contributed by atoms with van der Waals surface area (Å²) in [5.41, 5.74) is 6.84. The molecule has 32 heavy (non-hydrogen) atoms. The van der Waals surface area contributed by atoms with Crippen molar-refractivity contribution < 1.29 is 9.59 Å². The maximum Gasteiger partial charge on any atom is 0.255 e. The first kappa shape index (κ1) is 21.1. The van der Waals surface area contributed by atoms with Gasteiger partial charge in [0.25, 0.3) is 11.8 Å². The molecule has 0 saturated heterocycles. The molecule has 0 bridgehead atoms. The molecule has 4 aromatic carbocycles. The Morgan fingerprint density at radius 1 is 0.594 bits per heavy atom. The minimum absolute atomic E-state index is 0.189. The fourth-order valence-electron chi connectivity index (χ4n) is 3.50. The van der Waals surface area contributed by atoms with Gasteiger partial charge in [-0.05, 0) is 73.0 Å².